The Hall–Kier alpha value is -0.410. The molecule has 10 heavy (non-hydrogen) atoms. The van der Waals surface area contributed by atoms with Crippen molar-refractivity contribution in [3.8, 4) is 0 Å². The summed E-state index contributed by atoms with van der Waals surface area (Å²) in [7, 11) is 0. The topological polar surface area (TPSA) is 38.9 Å². The number of hydrogen-bond donors (Lipinski definition) is 1. The van der Waals surface area contributed by atoms with E-state index < -0.39 is 0 Å². The molecule has 0 spiro atoms. The molecule has 1 aromatic heterocycles. The van der Waals surface area contributed by atoms with Crippen LogP contribution in [0.15, 0.2) is 6.20 Å². The van der Waals surface area contributed by atoms with E-state index in [1.165, 1.54) is 4.88 Å². The van der Waals surface area contributed by atoms with Crippen LogP contribution in [0.25, 0.3) is 0 Å². The molecule has 0 saturated heterocycles. The van der Waals surface area contributed by atoms with Gasteiger partial charge in [0.1, 0.15) is 0 Å². The van der Waals surface area contributed by atoms with Crippen LogP contribution in [0.5, 0.6) is 0 Å². The van der Waals surface area contributed by atoms with E-state index in [2.05, 4.69) is 11.9 Å². The van der Waals surface area contributed by atoms with Gasteiger partial charge in [0.2, 0.25) is 0 Å². The predicted molar refractivity (Wildman–Crippen MR) is 44.3 cm³/mol. The molecule has 0 aliphatic rings. The van der Waals surface area contributed by atoms with Gasteiger partial charge in [-0.1, -0.05) is 6.92 Å². The summed E-state index contributed by atoms with van der Waals surface area (Å²) in [6.45, 7) is 4.84. The Morgan fingerprint density at radius 1 is 1.80 bits per heavy atom. The van der Waals surface area contributed by atoms with Gasteiger partial charge in [-0.2, -0.15) is 0 Å². The number of hydrogen-bond acceptors (Lipinski definition) is 3. The van der Waals surface area contributed by atoms with E-state index in [9.17, 15) is 0 Å². The van der Waals surface area contributed by atoms with Gasteiger partial charge in [-0.3, -0.25) is 0 Å². The van der Waals surface area contributed by atoms with Crippen molar-refractivity contribution in [2.24, 2.45) is 5.73 Å². The maximum Gasteiger partial charge on any atom is 0.0896 e. The van der Waals surface area contributed by atoms with Crippen molar-refractivity contribution in [1.29, 1.82) is 0 Å². The first kappa shape index (κ1) is 7.69. The molecule has 2 nitrogen and oxygen atoms in total. The van der Waals surface area contributed by atoms with Crippen LogP contribution in [0.3, 0.4) is 0 Å². The smallest absolute Gasteiger partial charge is 0.0896 e. The van der Waals surface area contributed by atoms with Crippen LogP contribution >= 0.6 is 11.3 Å². The van der Waals surface area contributed by atoms with Crippen LogP contribution in [-0.2, 0) is 0 Å². The van der Waals surface area contributed by atoms with Gasteiger partial charge >= 0.3 is 0 Å². The average molecular weight is 156 g/mol. The van der Waals surface area contributed by atoms with E-state index in [1.54, 1.807) is 11.3 Å². The van der Waals surface area contributed by atoms with Crippen LogP contribution in [0.2, 0.25) is 0 Å². The van der Waals surface area contributed by atoms with Crippen molar-refractivity contribution in [2.45, 2.75) is 19.8 Å². The molecule has 0 saturated carbocycles. The Morgan fingerprint density at radius 3 is 2.90 bits per heavy atom. The van der Waals surface area contributed by atoms with Gasteiger partial charge in [0.05, 0.1) is 5.01 Å². The van der Waals surface area contributed by atoms with E-state index in [1.807, 2.05) is 13.1 Å². The third kappa shape index (κ3) is 1.55. The third-order valence-corrected chi connectivity index (χ3v) is 2.62. The molecule has 2 N–H and O–H groups in total. The fraction of sp³-hybridized carbons (Fsp3) is 0.571. The Balaban J connectivity index is 2.74. The molecule has 1 aromatic rings. The Bertz CT molecular complexity index is 207. The van der Waals surface area contributed by atoms with Crippen molar-refractivity contribution in [1.82, 2.24) is 4.98 Å². The number of thiazole rings is 1. The van der Waals surface area contributed by atoms with Crippen molar-refractivity contribution in [3.63, 3.8) is 0 Å². The van der Waals surface area contributed by atoms with Crippen LogP contribution in [0, 0.1) is 6.92 Å². The predicted octanol–water partition coefficient (Wildman–Crippen LogP) is 1.51. The van der Waals surface area contributed by atoms with Crippen LogP contribution < -0.4 is 5.73 Å². The molecule has 0 fully saturated rings. The second kappa shape index (κ2) is 3.12. The maximum atomic E-state index is 5.49. The van der Waals surface area contributed by atoms with E-state index >= 15 is 0 Å². The van der Waals surface area contributed by atoms with E-state index in [-0.39, 0.29) is 0 Å². The van der Waals surface area contributed by atoms with Crippen molar-refractivity contribution >= 4 is 11.3 Å². The zero-order chi connectivity index (χ0) is 7.56. The molecule has 1 unspecified atom stereocenters. The normalized spacial score (nSPS) is 13.5. The summed E-state index contributed by atoms with van der Waals surface area (Å²) in [4.78, 5) is 5.44. The quantitative estimate of drug-likeness (QED) is 0.705. The molecule has 0 bridgehead atoms. The lowest BCUT2D eigenvalue weighted by Gasteiger charge is -2.01. The number of nitrogens with two attached hydrogens (primary N) is 1. The molecule has 1 rings (SSSR count). The van der Waals surface area contributed by atoms with Crippen LogP contribution in [0.4, 0.5) is 0 Å². The van der Waals surface area contributed by atoms with Crippen LogP contribution in [0.1, 0.15) is 22.7 Å². The molecular weight excluding hydrogens is 144 g/mol. The summed E-state index contributed by atoms with van der Waals surface area (Å²) in [5, 5.41) is 1.12. The molecule has 0 aliphatic heterocycles. The summed E-state index contributed by atoms with van der Waals surface area (Å²) >= 11 is 1.73. The Labute approximate surface area is 65.1 Å². The fourth-order valence-electron chi connectivity index (χ4n) is 0.722. The second-order valence-corrected chi connectivity index (χ2v) is 3.68. The summed E-state index contributed by atoms with van der Waals surface area (Å²) in [6.07, 6.45) is 1.91. The lowest BCUT2D eigenvalue weighted by molar-refractivity contribution is 0.787. The minimum absolute atomic E-state index is 0.464. The van der Waals surface area contributed by atoms with Crippen LogP contribution in [-0.4, -0.2) is 11.5 Å². The lowest BCUT2D eigenvalue weighted by Crippen LogP contribution is -2.07. The largest absolute Gasteiger partial charge is 0.330 e. The van der Waals surface area contributed by atoms with Gasteiger partial charge in [-0.05, 0) is 13.5 Å². The highest BCUT2D eigenvalue weighted by Crippen LogP contribution is 2.20. The molecule has 3 heteroatoms. The minimum Gasteiger partial charge on any atom is -0.330 e. The zero-order valence-electron chi connectivity index (χ0n) is 6.29. The minimum atomic E-state index is 0.464. The molecule has 0 aliphatic carbocycles. The van der Waals surface area contributed by atoms with E-state index in [0.29, 0.717) is 12.5 Å². The monoisotopic (exact) mass is 156 g/mol. The molecule has 1 atom stereocenters. The lowest BCUT2D eigenvalue weighted by atomic mass is 10.2. The molecule has 0 amide bonds. The Morgan fingerprint density at radius 2 is 2.50 bits per heavy atom. The highest BCUT2D eigenvalue weighted by Gasteiger charge is 2.04. The van der Waals surface area contributed by atoms with Gasteiger partial charge in [-0.15, -0.1) is 11.3 Å². The molecular formula is C7H12N2S. The van der Waals surface area contributed by atoms with E-state index in [0.717, 1.165) is 5.01 Å². The highest BCUT2D eigenvalue weighted by molar-refractivity contribution is 7.11. The number of aryl methyl sites for hydroxylation is 1. The summed E-state index contributed by atoms with van der Waals surface area (Å²) in [6, 6.07) is 0. The SMILES string of the molecule is Cc1ncc(C(C)CN)s1. The molecule has 0 radical (unpaired) electrons. The third-order valence-electron chi connectivity index (χ3n) is 1.48. The summed E-state index contributed by atoms with van der Waals surface area (Å²) in [5.41, 5.74) is 5.49. The van der Waals surface area contributed by atoms with E-state index in [4.69, 9.17) is 5.73 Å². The molecule has 1 heterocycles. The number of aromatic nitrogens is 1. The second-order valence-electron chi connectivity index (χ2n) is 2.42. The first-order valence-electron chi connectivity index (χ1n) is 3.36. The zero-order valence-corrected chi connectivity index (χ0v) is 7.11. The summed E-state index contributed by atoms with van der Waals surface area (Å²) in [5.74, 6) is 0.464. The number of nitrogens with zero attached hydrogens (tertiary/aromatic N) is 1. The van der Waals surface area contributed by atoms with Gasteiger partial charge < -0.3 is 5.73 Å². The van der Waals surface area contributed by atoms with Crippen molar-refractivity contribution in [3.05, 3.63) is 16.1 Å². The molecule has 56 valence electrons. The average Bonchev–Trinajstić information content (AvgIpc) is 2.34. The van der Waals surface area contributed by atoms with Crippen molar-refractivity contribution < 1.29 is 0 Å². The van der Waals surface area contributed by atoms with Gasteiger partial charge in [-0.25, -0.2) is 4.98 Å². The van der Waals surface area contributed by atoms with Gasteiger partial charge in [0, 0.05) is 17.0 Å². The maximum absolute atomic E-state index is 5.49. The van der Waals surface area contributed by atoms with Crippen molar-refractivity contribution in [2.75, 3.05) is 6.54 Å². The highest BCUT2D eigenvalue weighted by atomic mass is 32.1. The molecule has 0 aromatic carbocycles. The van der Waals surface area contributed by atoms with Gasteiger partial charge in [0.25, 0.3) is 0 Å². The first-order chi connectivity index (χ1) is 4.74. The number of rotatable bonds is 2. The summed E-state index contributed by atoms with van der Waals surface area (Å²) < 4.78 is 0. The van der Waals surface area contributed by atoms with Gasteiger partial charge in [0.15, 0.2) is 0 Å². The first-order valence-corrected chi connectivity index (χ1v) is 4.18. The Kier molecular flexibility index (Phi) is 2.40. The fourth-order valence-corrected chi connectivity index (χ4v) is 1.57. The standard InChI is InChI=1S/C7H12N2S/c1-5(3-8)7-4-9-6(2)10-7/h4-5H,3,8H2,1-2H3.